The van der Waals surface area contributed by atoms with E-state index >= 15 is 4.39 Å². The highest BCUT2D eigenvalue weighted by molar-refractivity contribution is 7.98. The van der Waals surface area contributed by atoms with E-state index in [1.807, 2.05) is 0 Å². The molecule has 8 atom stereocenters. The van der Waals surface area contributed by atoms with E-state index in [0.29, 0.717) is 5.75 Å². The molecule has 19 nitrogen and oxygen atoms in total. The molecule has 0 saturated carbocycles. The van der Waals surface area contributed by atoms with E-state index in [2.05, 4.69) is 33.6 Å². The van der Waals surface area contributed by atoms with Crippen molar-refractivity contribution in [3.63, 3.8) is 0 Å². The number of hydrogen-bond acceptors (Lipinski definition) is 16. The standard InChI is InChI=1S/C22H29ClFN6O13P3S/c1-38-21(32)13(8-9-47-2)29-44(33,41-12-6-4-3-5-7-12)42-46(36,37)43-45(34,35)39-10-14-17(31)15(24)20(40-14)30-11-26-16-18(25)27-22(23)28-19(16)30/h3-7,11,13-15,17,20,31H,8-10H2,1-2H3,(H,29,33)(H,34,35)(H,36,37)(H2,25,27,28)/t13-,14?,15?,17?,20?,44?/m0/s1. The van der Waals surface area contributed by atoms with Crippen molar-refractivity contribution in [1.82, 2.24) is 24.6 Å². The van der Waals surface area contributed by atoms with Crippen LogP contribution in [-0.2, 0) is 41.1 Å². The Bertz CT molecular complexity index is 1710. The summed E-state index contributed by atoms with van der Waals surface area (Å²) in [6.45, 7) is -1.06. The Morgan fingerprint density at radius 3 is 2.57 bits per heavy atom. The van der Waals surface area contributed by atoms with Gasteiger partial charge in [0.15, 0.2) is 23.9 Å². The molecule has 3 heterocycles. The molecule has 1 aliphatic rings. The van der Waals surface area contributed by atoms with Crippen LogP contribution in [0.2, 0.25) is 5.28 Å². The van der Waals surface area contributed by atoms with Gasteiger partial charge < -0.3 is 34.6 Å². The lowest BCUT2D eigenvalue weighted by Crippen LogP contribution is -2.37. The first-order valence-corrected chi connectivity index (χ1v) is 19.4. The molecule has 25 heteroatoms. The molecule has 4 rings (SSSR count). The molecule has 1 aliphatic heterocycles. The molecule has 1 fully saturated rings. The SMILES string of the molecule is COC(=O)[C@H](CCSC)NP(=O)(Oc1ccccc1)OP(=O)(O)OP(=O)(O)OCC1OC(n2cnc3c(N)nc(Cl)nc32)C(F)C1O. The number of rotatable bonds is 16. The van der Waals surface area contributed by atoms with Crippen LogP contribution in [0.4, 0.5) is 10.2 Å². The lowest BCUT2D eigenvalue weighted by atomic mass is 10.1. The summed E-state index contributed by atoms with van der Waals surface area (Å²) in [4.78, 5) is 44.5. The number of aliphatic hydroxyl groups excluding tert-OH is 1. The number of nitrogens with zero attached hydrogens (tertiary/aromatic N) is 4. The number of nitrogens with one attached hydrogen (secondary N) is 1. The van der Waals surface area contributed by atoms with Gasteiger partial charge in [-0.05, 0) is 42.2 Å². The van der Waals surface area contributed by atoms with Crippen LogP contribution in [-0.4, -0.2) is 90.5 Å². The highest BCUT2D eigenvalue weighted by Crippen LogP contribution is 2.67. The van der Waals surface area contributed by atoms with Gasteiger partial charge in [-0.2, -0.15) is 35.4 Å². The van der Waals surface area contributed by atoms with Gasteiger partial charge in [-0.15, -0.1) is 0 Å². The maximum Gasteiger partial charge on any atom is 0.490 e. The van der Waals surface area contributed by atoms with Gasteiger partial charge in [0.2, 0.25) is 5.28 Å². The van der Waals surface area contributed by atoms with Crippen LogP contribution in [0.15, 0.2) is 36.7 Å². The maximum absolute atomic E-state index is 15.1. The van der Waals surface area contributed by atoms with Crippen molar-refractivity contribution in [1.29, 1.82) is 0 Å². The van der Waals surface area contributed by atoms with E-state index in [1.54, 1.807) is 12.3 Å². The van der Waals surface area contributed by atoms with Crippen molar-refractivity contribution < 1.29 is 64.9 Å². The minimum absolute atomic E-state index is 0.0000478. The number of phosphoric acid groups is 2. The minimum atomic E-state index is -5.84. The predicted octanol–water partition coefficient (Wildman–Crippen LogP) is 2.98. The number of imidazole rings is 1. The predicted molar refractivity (Wildman–Crippen MR) is 164 cm³/mol. The molecule has 47 heavy (non-hydrogen) atoms. The van der Waals surface area contributed by atoms with Gasteiger partial charge in [0.05, 0.1) is 20.0 Å². The highest BCUT2D eigenvalue weighted by atomic mass is 35.5. The summed E-state index contributed by atoms with van der Waals surface area (Å²) in [6, 6.07) is 5.74. The molecule has 3 aromatic rings. The third-order valence-corrected chi connectivity index (χ3v) is 11.9. The summed E-state index contributed by atoms with van der Waals surface area (Å²) in [6.07, 6.45) is -4.54. The van der Waals surface area contributed by atoms with Crippen LogP contribution in [0, 0.1) is 0 Å². The molecule has 2 aromatic heterocycles. The van der Waals surface area contributed by atoms with Gasteiger partial charge in [0.25, 0.3) is 0 Å². The fourth-order valence-corrected chi connectivity index (χ4v) is 9.20. The van der Waals surface area contributed by atoms with Gasteiger partial charge in [-0.3, -0.25) is 13.9 Å². The zero-order valence-electron chi connectivity index (χ0n) is 24.3. The monoisotopic (exact) mass is 764 g/mol. The Balaban J connectivity index is 1.46. The van der Waals surface area contributed by atoms with Crippen molar-refractivity contribution in [2.24, 2.45) is 0 Å². The first-order chi connectivity index (χ1) is 22.1. The van der Waals surface area contributed by atoms with Crippen LogP contribution >= 0.6 is 46.8 Å². The Kier molecular flexibility index (Phi) is 12.4. The Morgan fingerprint density at radius 1 is 1.21 bits per heavy atom. The molecule has 1 saturated heterocycles. The Hall–Kier alpha value is -2.22. The van der Waals surface area contributed by atoms with Gasteiger partial charge in [0, 0.05) is 0 Å². The molecule has 0 aliphatic carbocycles. The number of halogens is 2. The van der Waals surface area contributed by atoms with Gasteiger partial charge >= 0.3 is 29.4 Å². The van der Waals surface area contributed by atoms with Crippen molar-refractivity contribution in [3.05, 3.63) is 41.9 Å². The fourth-order valence-electron chi connectivity index (χ4n) is 4.13. The molecule has 7 unspecified atom stereocenters. The molecular weight excluding hydrogens is 736 g/mol. The number of phosphoric ester groups is 1. The van der Waals surface area contributed by atoms with Crippen LogP contribution in [0.5, 0.6) is 5.75 Å². The number of aromatic nitrogens is 4. The Labute approximate surface area is 275 Å². The van der Waals surface area contributed by atoms with Crippen molar-refractivity contribution in [2.75, 3.05) is 31.5 Å². The summed E-state index contributed by atoms with van der Waals surface area (Å²) in [7, 11) is -15.5. The number of para-hydroxylation sites is 1. The van der Waals surface area contributed by atoms with Crippen LogP contribution in [0.25, 0.3) is 11.2 Å². The second-order valence-electron chi connectivity index (χ2n) is 9.49. The summed E-state index contributed by atoms with van der Waals surface area (Å²) in [5.74, 6) is -0.846. The summed E-state index contributed by atoms with van der Waals surface area (Å²) < 4.78 is 84.5. The molecule has 0 amide bonds. The number of esters is 1. The molecule has 6 N–H and O–H groups in total. The number of anilines is 1. The summed E-state index contributed by atoms with van der Waals surface area (Å²) in [5.41, 5.74) is 5.76. The Morgan fingerprint density at radius 2 is 1.91 bits per heavy atom. The number of hydrogen-bond donors (Lipinski definition) is 5. The van der Waals surface area contributed by atoms with Crippen molar-refractivity contribution in [3.8, 4) is 5.75 Å². The lowest BCUT2D eigenvalue weighted by Gasteiger charge is -2.25. The number of nitrogen functional groups attached to an aromatic ring is 1. The number of methoxy groups -OCH3 is 1. The normalized spacial score (nSPS) is 24.2. The number of thioether (sulfide) groups is 1. The van der Waals surface area contributed by atoms with E-state index in [9.17, 15) is 33.4 Å². The molecule has 0 radical (unpaired) electrons. The number of nitrogens with two attached hydrogens (primary N) is 1. The average molecular weight is 765 g/mol. The topological polar surface area (TPSA) is 266 Å². The first-order valence-electron chi connectivity index (χ1n) is 13.1. The van der Waals surface area contributed by atoms with Crippen LogP contribution in [0.3, 0.4) is 0 Å². The maximum atomic E-state index is 15.1. The van der Waals surface area contributed by atoms with Gasteiger partial charge in [-0.25, -0.2) is 23.1 Å². The quantitative estimate of drug-likeness (QED) is 0.0797. The smallest absolute Gasteiger partial charge is 0.468 e. The van der Waals surface area contributed by atoms with E-state index in [0.717, 1.165) is 18.0 Å². The molecule has 0 spiro atoms. The number of alkyl halides is 1. The fraction of sp³-hybridized carbons (Fsp3) is 0.455. The first kappa shape index (κ1) is 37.6. The molecule has 260 valence electrons. The van der Waals surface area contributed by atoms with Gasteiger partial charge in [0.1, 0.15) is 29.5 Å². The largest absolute Gasteiger partial charge is 0.490 e. The number of carbonyl (C=O) groups excluding carboxylic acids is 1. The highest BCUT2D eigenvalue weighted by Gasteiger charge is 2.49. The van der Waals surface area contributed by atoms with E-state index in [-0.39, 0.29) is 34.4 Å². The van der Waals surface area contributed by atoms with Crippen molar-refractivity contribution >= 4 is 69.7 Å². The average Bonchev–Trinajstić information content (AvgIpc) is 3.53. The van der Waals surface area contributed by atoms with Crippen LogP contribution in [0.1, 0.15) is 12.6 Å². The minimum Gasteiger partial charge on any atom is -0.468 e. The number of benzene rings is 1. The number of carbonyl (C=O) groups is 1. The number of aliphatic hydroxyl groups is 1. The van der Waals surface area contributed by atoms with Crippen LogP contribution < -0.4 is 15.3 Å². The zero-order chi connectivity index (χ0) is 34.6. The summed E-state index contributed by atoms with van der Waals surface area (Å²) >= 11 is 7.15. The second-order valence-corrected chi connectivity index (χ2v) is 15.7. The molecular formula is C22H29ClFN6O13P3S. The van der Waals surface area contributed by atoms with E-state index < -0.39 is 66.6 Å². The third kappa shape index (κ3) is 9.70. The number of ether oxygens (including phenoxy) is 2. The van der Waals surface area contributed by atoms with Crippen molar-refractivity contribution in [2.45, 2.75) is 37.1 Å². The second kappa shape index (κ2) is 15.6. The summed E-state index contributed by atoms with van der Waals surface area (Å²) in [5, 5.41) is 12.3. The lowest BCUT2D eigenvalue weighted by molar-refractivity contribution is -0.142. The van der Waals surface area contributed by atoms with E-state index in [4.69, 9.17) is 30.9 Å². The van der Waals surface area contributed by atoms with E-state index in [1.165, 1.54) is 36.0 Å². The molecule has 0 bridgehead atoms. The zero-order valence-corrected chi connectivity index (χ0v) is 28.5. The third-order valence-electron chi connectivity index (χ3n) is 6.19. The molecule has 1 aromatic carbocycles. The number of fused-ring (bicyclic) bond motifs is 1. The van der Waals surface area contributed by atoms with Gasteiger partial charge in [-0.1, -0.05) is 18.2 Å².